The second-order valence-electron chi connectivity index (χ2n) is 4.43. The molecular formula is C15H12N4S. The van der Waals surface area contributed by atoms with Gasteiger partial charge in [-0.2, -0.15) is 5.26 Å². The fraction of sp³-hybridized carbons (Fsp3) is 0.133. The van der Waals surface area contributed by atoms with E-state index in [4.69, 9.17) is 0 Å². The Labute approximate surface area is 120 Å². The van der Waals surface area contributed by atoms with Crippen molar-refractivity contribution in [2.45, 2.75) is 13.5 Å². The summed E-state index contributed by atoms with van der Waals surface area (Å²) in [5.74, 6) is 0.610. The van der Waals surface area contributed by atoms with E-state index < -0.39 is 0 Å². The first-order chi connectivity index (χ1) is 9.76. The summed E-state index contributed by atoms with van der Waals surface area (Å²) >= 11 is 1.60. The zero-order valence-corrected chi connectivity index (χ0v) is 11.7. The van der Waals surface area contributed by atoms with Crippen LogP contribution in [0.5, 0.6) is 0 Å². The molecule has 0 aliphatic heterocycles. The van der Waals surface area contributed by atoms with Crippen LogP contribution < -0.4 is 5.32 Å². The van der Waals surface area contributed by atoms with Gasteiger partial charge < -0.3 is 5.32 Å². The van der Waals surface area contributed by atoms with Gasteiger partial charge in [-0.3, -0.25) is 0 Å². The molecule has 0 amide bonds. The minimum atomic E-state index is 0.553. The monoisotopic (exact) mass is 280 g/mol. The van der Waals surface area contributed by atoms with Crippen molar-refractivity contribution in [1.82, 2.24) is 9.97 Å². The first-order valence-electron chi connectivity index (χ1n) is 6.21. The lowest BCUT2D eigenvalue weighted by atomic mass is 10.1. The Kier molecular flexibility index (Phi) is 3.32. The van der Waals surface area contributed by atoms with Crippen molar-refractivity contribution in [1.29, 1.82) is 5.26 Å². The predicted octanol–water partition coefficient (Wildman–Crippen LogP) is 3.48. The highest BCUT2D eigenvalue weighted by atomic mass is 32.1. The topological polar surface area (TPSA) is 61.6 Å². The molecule has 0 spiro atoms. The van der Waals surface area contributed by atoms with E-state index >= 15 is 0 Å². The fourth-order valence-corrected chi connectivity index (χ4v) is 2.69. The van der Waals surface area contributed by atoms with Gasteiger partial charge in [0.1, 0.15) is 16.9 Å². The molecule has 0 bridgehead atoms. The molecule has 5 heteroatoms. The summed E-state index contributed by atoms with van der Waals surface area (Å²) in [4.78, 5) is 8.90. The van der Waals surface area contributed by atoms with Gasteiger partial charge in [-0.25, -0.2) is 9.97 Å². The van der Waals surface area contributed by atoms with Crippen LogP contribution in [0.2, 0.25) is 0 Å². The molecule has 0 saturated heterocycles. The van der Waals surface area contributed by atoms with E-state index in [1.54, 1.807) is 11.3 Å². The van der Waals surface area contributed by atoms with Gasteiger partial charge in [0.15, 0.2) is 0 Å². The number of thiazole rings is 1. The zero-order valence-electron chi connectivity index (χ0n) is 10.9. The standard InChI is InChI=1S/C15H12N4S/c1-10-9-20-14(18-10)8-17-15-12(7-16)6-11-4-2-3-5-13(11)19-15/h2-6,9H,8H2,1H3,(H,17,19). The average molecular weight is 280 g/mol. The Balaban J connectivity index is 1.92. The molecule has 1 N–H and O–H groups in total. The molecule has 3 aromatic rings. The molecule has 3 rings (SSSR count). The Hall–Kier alpha value is -2.45. The highest BCUT2D eigenvalue weighted by Gasteiger charge is 2.07. The summed E-state index contributed by atoms with van der Waals surface area (Å²) in [6, 6.07) is 11.8. The summed E-state index contributed by atoms with van der Waals surface area (Å²) in [5, 5.41) is 16.4. The van der Waals surface area contributed by atoms with Crippen LogP contribution in [0.15, 0.2) is 35.7 Å². The minimum Gasteiger partial charge on any atom is -0.362 e. The molecule has 0 fully saturated rings. The zero-order chi connectivity index (χ0) is 13.9. The molecule has 1 aromatic carbocycles. The molecule has 2 aromatic heterocycles. The van der Waals surface area contributed by atoms with Crippen molar-refractivity contribution in [3.05, 3.63) is 52.0 Å². The van der Waals surface area contributed by atoms with Crippen LogP contribution in [0, 0.1) is 18.3 Å². The number of aromatic nitrogens is 2. The quantitative estimate of drug-likeness (QED) is 0.797. The molecule has 98 valence electrons. The van der Waals surface area contributed by atoms with Gasteiger partial charge in [0.25, 0.3) is 0 Å². The minimum absolute atomic E-state index is 0.553. The molecule has 0 radical (unpaired) electrons. The second kappa shape index (κ2) is 5.27. The van der Waals surface area contributed by atoms with Gasteiger partial charge in [0.05, 0.1) is 17.6 Å². The highest BCUT2D eigenvalue weighted by Crippen LogP contribution is 2.20. The van der Waals surface area contributed by atoms with E-state index in [-0.39, 0.29) is 0 Å². The number of para-hydroxylation sites is 1. The van der Waals surface area contributed by atoms with Gasteiger partial charge in [-0.15, -0.1) is 11.3 Å². The molecule has 0 unspecified atom stereocenters. The van der Waals surface area contributed by atoms with Crippen molar-refractivity contribution in [2.75, 3.05) is 5.32 Å². The van der Waals surface area contributed by atoms with Crippen LogP contribution in [-0.2, 0) is 6.54 Å². The van der Waals surface area contributed by atoms with Gasteiger partial charge in [-0.1, -0.05) is 18.2 Å². The molecule has 20 heavy (non-hydrogen) atoms. The Bertz CT molecular complexity index is 801. The maximum atomic E-state index is 9.24. The average Bonchev–Trinajstić information content (AvgIpc) is 2.89. The maximum absolute atomic E-state index is 9.24. The first kappa shape index (κ1) is 12.6. The van der Waals surface area contributed by atoms with Crippen molar-refractivity contribution in [2.24, 2.45) is 0 Å². The number of pyridine rings is 1. The van der Waals surface area contributed by atoms with Crippen molar-refractivity contribution < 1.29 is 0 Å². The number of nitrogens with zero attached hydrogens (tertiary/aromatic N) is 3. The Morgan fingerprint density at radius 3 is 2.90 bits per heavy atom. The Morgan fingerprint density at radius 2 is 2.15 bits per heavy atom. The van der Waals surface area contributed by atoms with Gasteiger partial charge in [-0.05, 0) is 19.1 Å². The number of aryl methyl sites for hydroxylation is 1. The fourth-order valence-electron chi connectivity index (χ4n) is 1.98. The molecule has 0 atom stereocenters. The largest absolute Gasteiger partial charge is 0.362 e. The molecule has 0 aliphatic rings. The number of hydrogen-bond acceptors (Lipinski definition) is 5. The van der Waals surface area contributed by atoms with Crippen molar-refractivity contribution in [3.63, 3.8) is 0 Å². The number of nitriles is 1. The van der Waals surface area contributed by atoms with E-state index in [2.05, 4.69) is 21.4 Å². The normalized spacial score (nSPS) is 10.4. The highest BCUT2D eigenvalue weighted by molar-refractivity contribution is 7.09. The number of fused-ring (bicyclic) bond motifs is 1. The summed E-state index contributed by atoms with van der Waals surface area (Å²) in [6.45, 7) is 2.55. The number of hydrogen-bond donors (Lipinski definition) is 1. The second-order valence-corrected chi connectivity index (χ2v) is 5.37. The number of anilines is 1. The lowest BCUT2D eigenvalue weighted by molar-refractivity contribution is 1.06. The third-order valence-corrected chi connectivity index (χ3v) is 3.88. The van der Waals surface area contributed by atoms with Crippen LogP contribution in [0.25, 0.3) is 10.9 Å². The maximum Gasteiger partial charge on any atom is 0.145 e. The molecule has 4 nitrogen and oxygen atoms in total. The van der Waals surface area contributed by atoms with Crippen LogP contribution in [0.3, 0.4) is 0 Å². The van der Waals surface area contributed by atoms with Crippen LogP contribution in [0.1, 0.15) is 16.3 Å². The van der Waals surface area contributed by atoms with Crippen LogP contribution >= 0.6 is 11.3 Å². The Morgan fingerprint density at radius 1 is 1.30 bits per heavy atom. The molecule has 0 saturated carbocycles. The van der Waals surface area contributed by atoms with E-state index in [0.29, 0.717) is 17.9 Å². The number of benzene rings is 1. The van der Waals surface area contributed by atoms with Crippen LogP contribution in [-0.4, -0.2) is 9.97 Å². The van der Waals surface area contributed by atoms with Gasteiger partial charge in [0.2, 0.25) is 0 Å². The molecule has 2 heterocycles. The van der Waals surface area contributed by atoms with Crippen LogP contribution in [0.4, 0.5) is 5.82 Å². The number of nitrogens with one attached hydrogen (secondary N) is 1. The lowest BCUT2D eigenvalue weighted by Crippen LogP contribution is -2.03. The van der Waals surface area contributed by atoms with E-state index in [9.17, 15) is 5.26 Å². The number of rotatable bonds is 3. The van der Waals surface area contributed by atoms with Gasteiger partial charge >= 0.3 is 0 Å². The molecular weight excluding hydrogens is 268 g/mol. The molecule has 0 aliphatic carbocycles. The van der Waals surface area contributed by atoms with E-state index in [1.807, 2.05) is 42.6 Å². The lowest BCUT2D eigenvalue weighted by Gasteiger charge is -2.07. The summed E-state index contributed by atoms with van der Waals surface area (Å²) in [6.07, 6.45) is 0. The smallest absolute Gasteiger partial charge is 0.145 e. The summed E-state index contributed by atoms with van der Waals surface area (Å²) in [7, 11) is 0. The summed E-state index contributed by atoms with van der Waals surface area (Å²) in [5.41, 5.74) is 2.44. The van der Waals surface area contributed by atoms with E-state index in [0.717, 1.165) is 21.6 Å². The third-order valence-electron chi connectivity index (χ3n) is 2.92. The van der Waals surface area contributed by atoms with E-state index in [1.165, 1.54) is 0 Å². The van der Waals surface area contributed by atoms with Gasteiger partial charge in [0, 0.05) is 16.5 Å². The van der Waals surface area contributed by atoms with Crippen molar-refractivity contribution in [3.8, 4) is 6.07 Å². The SMILES string of the molecule is Cc1csc(CNc2nc3ccccc3cc2C#N)n1. The first-order valence-corrected chi connectivity index (χ1v) is 7.09. The van der Waals surface area contributed by atoms with Crippen molar-refractivity contribution >= 4 is 28.1 Å². The predicted molar refractivity (Wildman–Crippen MR) is 80.6 cm³/mol. The summed E-state index contributed by atoms with van der Waals surface area (Å²) < 4.78 is 0. The third kappa shape index (κ3) is 2.46.